The van der Waals surface area contributed by atoms with Gasteiger partial charge in [0.1, 0.15) is 0 Å². The average Bonchev–Trinajstić information content (AvgIpc) is 2.45. The highest BCUT2D eigenvalue weighted by Gasteiger charge is 2.05. The number of hydrogen-bond acceptors (Lipinski definition) is 3. The average molecular weight is 285 g/mol. The SMILES string of the molecule is CCOc1ccc(CNc2cc(C)cc(C)c2)cc1OC. The Morgan fingerprint density at radius 2 is 1.67 bits per heavy atom. The summed E-state index contributed by atoms with van der Waals surface area (Å²) in [6.07, 6.45) is 0. The molecule has 0 atom stereocenters. The van der Waals surface area contributed by atoms with Crippen LogP contribution in [0.1, 0.15) is 23.6 Å². The van der Waals surface area contributed by atoms with Crippen LogP contribution in [0.15, 0.2) is 36.4 Å². The van der Waals surface area contributed by atoms with Crippen molar-refractivity contribution in [2.45, 2.75) is 27.3 Å². The second kappa shape index (κ2) is 7.02. The van der Waals surface area contributed by atoms with E-state index in [2.05, 4.69) is 43.4 Å². The van der Waals surface area contributed by atoms with Crippen LogP contribution in [0, 0.1) is 13.8 Å². The predicted octanol–water partition coefficient (Wildman–Crippen LogP) is 4.32. The third kappa shape index (κ3) is 4.15. The molecule has 0 aliphatic heterocycles. The molecule has 3 heteroatoms. The number of rotatable bonds is 6. The summed E-state index contributed by atoms with van der Waals surface area (Å²) in [7, 11) is 1.67. The van der Waals surface area contributed by atoms with E-state index in [1.165, 1.54) is 11.1 Å². The highest BCUT2D eigenvalue weighted by atomic mass is 16.5. The standard InChI is InChI=1S/C18H23NO2/c1-5-21-17-7-6-15(11-18(17)20-4)12-19-16-9-13(2)8-14(3)10-16/h6-11,19H,5,12H2,1-4H3. The van der Waals surface area contributed by atoms with E-state index in [1.54, 1.807) is 7.11 Å². The molecular weight excluding hydrogens is 262 g/mol. The first-order valence-corrected chi connectivity index (χ1v) is 7.24. The Hall–Kier alpha value is -2.16. The van der Waals surface area contributed by atoms with Gasteiger partial charge < -0.3 is 14.8 Å². The zero-order valence-corrected chi connectivity index (χ0v) is 13.2. The fourth-order valence-corrected chi connectivity index (χ4v) is 2.38. The second-order valence-corrected chi connectivity index (χ2v) is 5.15. The molecule has 0 aromatic heterocycles. The Bertz CT molecular complexity index is 588. The number of nitrogens with one attached hydrogen (secondary N) is 1. The van der Waals surface area contributed by atoms with Crippen LogP contribution in [0.2, 0.25) is 0 Å². The molecule has 0 spiro atoms. The predicted molar refractivity (Wildman–Crippen MR) is 87.4 cm³/mol. The number of anilines is 1. The van der Waals surface area contributed by atoms with Gasteiger partial charge in [-0.05, 0) is 61.7 Å². The quantitative estimate of drug-likeness (QED) is 0.857. The van der Waals surface area contributed by atoms with Gasteiger partial charge in [0.15, 0.2) is 11.5 Å². The van der Waals surface area contributed by atoms with E-state index in [0.717, 1.165) is 29.3 Å². The van der Waals surface area contributed by atoms with Crippen LogP contribution in [0.3, 0.4) is 0 Å². The lowest BCUT2D eigenvalue weighted by Crippen LogP contribution is -2.01. The van der Waals surface area contributed by atoms with Gasteiger partial charge in [0.2, 0.25) is 0 Å². The number of aryl methyl sites for hydroxylation is 2. The summed E-state index contributed by atoms with van der Waals surface area (Å²) in [4.78, 5) is 0. The molecule has 1 N–H and O–H groups in total. The maximum atomic E-state index is 5.53. The molecule has 0 saturated heterocycles. The Kier molecular flexibility index (Phi) is 5.09. The van der Waals surface area contributed by atoms with Gasteiger partial charge in [-0.1, -0.05) is 12.1 Å². The number of hydrogen-bond donors (Lipinski definition) is 1. The van der Waals surface area contributed by atoms with Gasteiger partial charge in [-0.2, -0.15) is 0 Å². The molecule has 112 valence electrons. The van der Waals surface area contributed by atoms with Crippen LogP contribution in [-0.4, -0.2) is 13.7 Å². The Labute approximate surface area is 126 Å². The van der Waals surface area contributed by atoms with E-state index < -0.39 is 0 Å². The Morgan fingerprint density at radius 3 is 2.29 bits per heavy atom. The molecular formula is C18H23NO2. The van der Waals surface area contributed by atoms with E-state index in [1.807, 2.05) is 19.1 Å². The van der Waals surface area contributed by atoms with Crippen molar-refractivity contribution in [3.8, 4) is 11.5 Å². The summed E-state index contributed by atoms with van der Waals surface area (Å²) in [5.74, 6) is 1.56. The van der Waals surface area contributed by atoms with E-state index in [-0.39, 0.29) is 0 Å². The maximum Gasteiger partial charge on any atom is 0.161 e. The molecule has 0 aliphatic carbocycles. The normalized spacial score (nSPS) is 10.3. The summed E-state index contributed by atoms with van der Waals surface area (Å²) in [5, 5.41) is 3.45. The van der Waals surface area contributed by atoms with Crippen molar-refractivity contribution in [2.24, 2.45) is 0 Å². The van der Waals surface area contributed by atoms with Crippen LogP contribution in [-0.2, 0) is 6.54 Å². The minimum absolute atomic E-state index is 0.635. The molecule has 0 radical (unpaired) electrons. The van der Waals surface area contributed by atoms with E-state index >= 15 is 0 Å². The first-order valence-electron chi connectivity index (χ1n) is 7.24. The second-order valence-electron chi connectivity index (χ2n) is 5.15. The Balaban J connectivity index is 2.09. The van der Waals surface area contributed by atoms with Crippen LogP contribution in [0.25, 0.3) is 0 Å². The zero-order chi connectivity index (χ0) is 15.2. The smallest absolute Gasteiger partial charge is 0.161 e. The van der Waals surface area contributed by atoms with Crippen molar-refractivity contribution in [2.75, 3.05) is 19.0 Å². The summed E-state index contributed by atoms with van der Waals surface area (Å²) < 4.78 is 10.9. The van der Waals surface area contributed by atoms with E-state index in [9.17, 15) is 0 Å². The first-order chi connectivity index (χ1) is 10.1. The molecule has 0 saturated carbocycles. The lowest BCUT2D eigenvalue weighted by Gasteiger charge is -2.12. The molecule has 2 aromatic carbocycles. The van der Waals surface area contributed by atoms with E-state index in [0.29, 0.717) is 6.61 Å². The van der Waals surface area contributed by atoms with Crippen molar-refractivity contribution >= 4 is 5.69 Å². The molecule has 21 heavy (non-hydrogen) atoms. The third-order valence-electron chi connectivity index (χ3n) is 3.25. The van der Waals surface area contributed by atoms with Crippen LogP contribution >= 0.6 is 0 Å². The highest BCUT2D eigenvalue weighted by molar-refractivity contribution is 5.50. The molecule has 0 aliphatic rings. The van der Waals surface area contributed by atoms with Gasteiger partial charge in [0.05, 0.1) is 13.7 Å². The third-order valence-corrected chi connectivity index (χ3v) is 3.25. The van der Waals surface area contributed by atoms with Crippen molar-refractivity contribution in [1.82, 2.24) is 0 Å². The lowest BCUT2D eigenvalue weighted by molar-refractivity contribution is 0.310. The van der Waals surface area contributed by atoms with Gasteiger partial charge in [-0.15, -0.1) is 0 Å². The molecule has 0 bridgehead atoms. The minimum atomic E-state index is 0.635. The molecule has 0 unspecified atom stereocenters. The van der Waals surface area contributed by atoms with Gasteiger partial charge in [0, 0.05) is 12.2 Å². The van der Waals surface area contributed by atoms with Crippen LogP contribution < -0.4 is 14.8 Å². The van der Waals surface area contributed by atoms with Gasteiger partial charge in [-0.3, -0.25) is 0 Å². The van der Waals surface area contributed by atoms with Gasteiger partial charge in [0.25, 0.3) is 0 Å². The van der Waals surface area contributed by atoms with Crippen molar-refractivity contribution < 1.29 is 9.47 Å². The van der Waals surface area contributed by atoms with Crippen molar-refractivity contribution in [3.63, 3.8) is 0 Å². The fourth-order valence-electron chi connectivity index (χ4n) is 2.38. The molecule has 2 rings (SSSR count). The first kappa shape index (κ1) is 15.2. The number of methoxy groups -OCH3 is 1. The molecule has 0 fully saturated rings. The van der Waals surface area contributed by atoms with Crippen LogP contribution in [0.5, 0.6) is 11.5 Å². The monoisotopic (exact) mass is 285 g/mol. The summed E-state index contributed by atoms with van der Waals surface area (Å²) in [5.41, 5.74) is 4.83. The summed E-state index contributed by atoms with van der Waals surface area (Å²) in [6, 6.07) is 12.5. The largest absolute Gasteiger partial charge is 0.493 e. The van der Waals surface area contributed by atoms with Crippen molar-refractivity contribution in [3.05, 3.63) is 53.1 Å². The summed E-state index contributed by atoms with van der Waals surface area (Å²) in [6.45, 7) is 7.58. The lowest BCUT2D eigenvalue weighted by atomic mass is 10.1. The van der Waals surface area contributed by atoms with Gasteiger partial charge in [-0.25, -0.2) is 0 Å². The van der Waals surface area contributed by atoms with Crippen LogP contribution in [0.4, 0.5) is 5.69 Å². The zero-order valence-electron chi connectivity index (χ0n) is 13.2. The molecule has 0 amide bonds. The van der Waals surface area contributed by atoms with Gasteiger partial charge >= 0.3 is 0 Å². The number of benzene rings is 2. The van der Waals surface area contributed by atoms with E-state index in [4.69, 9.17) is 9.47 Å². The molecule has 2 aromatic rings. The summed E-state index contributed by atoms with van der Waals surface area (Å²) >= 11 is 0. The minimum Gasteiger partial charge on any atom is -0.493 e. The van der Waals surface area contributed by atoms with Crippen molar-refractivity contribution in [1.29, 1.82) is 0 Å². The number of ether oxygens (including phenoxy) is 2. The fraction of sp³-hybridized carbons (Fsp3) is 0.333. The molecule has 0 heterocycles. The molecule has 3 nitrogen and oxygen atoms in total. The topological polar surface area (TPSA) is 30.5 Å². The highest BCUT2D eigenvalue weighted by Crippen LogP contribution is 2.28. The Morgan fingerprint density at radius 1 is 0.952 bits per heavy atom. The maximum absolute atomic E-state index is 5.53.